The minimum Gasteiger partial charge on any atom is -0.494 e. The van der Waals surface area contributed by atoms with E-state index < -0.39 is 0 Å². The Morgan fingerprint density at radius 2 is 1.85 bits per heavy atom. The van der Waals surface area contributed by atoms with Crippen LogP contribution in [-0.2, 0) is 12.1 Å². The molecule has 0 saturated carbocycles. The molecule has 0 aliphatic rings. The Hall–Kier alpha value is -1.81. The smallest absolute Gasteiger partial charge is 0.119 e. The predicted molar refractivity (Wildman–Crippen MR) is 81.7 cm³/mol. The van der Waals surface area contributed by atoms with Crippen molar-refractivity contribution in [3.05, 3.63) is 36.0 Å². The molecule has 2 rings (SSSR count). The molecule has 0 unspecified atom stereocenters. The highest BCUT2D eigenvalue weighted by molar-refractivity contribution is 5.63. The molecule has 4 heteroatoms. The molecule has 0 amide bonds. The summed E-state index contributed by atoms with van der Waals surface area (Å²) in [6.07, 6.45) is 2.03. The second-order valence-corrected chi connectivity index (χ2v) is 5.78. The lowest BCUT2D eigenvalue weighted by molar-refractivity contribution is 0.340. The third-order valence-electron chi connectivity index (χ3n) is 3.14. The number of rotatable bonds is 4. The van der Waals surface area contributed by atoms with Crippen molar-refractivity contribution in [2.24, 2.45) is 5.73 Å². The van der Waals surface area contributed by atoms with Crippen LogP contribution in [-0.4, -0.2) is 16.4 Å². The zero-order valence-electron chi connectivity index (χ0n) is 12.7. The molecule has 0 bridgehead atoms. The quantitative estimate of drug-likeness (QED) is 0.931. The lowest BCUT2D eigenvalue weighted by Crippen LogP contribution is -2.22. The molecule has 1 heterocycles. The van der Waals surface area contributed by atoms with Gasteiger partial charge in [0, 0.05) is 23.9 Å². The second kappa shape index (κ2) is 5.67. The molecule has 0 radical (unpaired) electrons. The maximum atomic E-state index is 5.84. The zero-order chi connectivity index (χ0) is 14.8. The third-order valence-corrected chi connectivity index (χ3v) is 3.14. The van der Waals surface area contributed by atoms with Crippen LogP contribution < -0.4 is 10.5 Å². The van der Waals surface area contributed by atoms with Gasteiger partial charge in [-0.3, -0.25) is 4.68 Å². The fourth-order valence-electron chi connectivity index (χ4n) is 2.02. The van der Waals surface area contributed by atoms with Gasteiger partial charge in [0.05, 0.1) is 17.8 Å². The molecular weight excluding hydrogens is 250 g/mol. The van der Waals surface area contributed by atoms with E-state index in [0.717, 1.165) is 22.6 Å². The molecule has 1 aromatic carbocycles. The first-order chi connectivity index (χ1) is 9.45. The van der Waals surface area contributed by atoms with E-state index >= 15 is 0 Å². The van der Waals surface area contributed by atoms with Crippen molar-refractivity contribution in [2.75, 3.05) is 6.61 Å². The van der Waals surface area contributed by atoms with Crippen LogP contribution in [0.4, 0.5) is 0 Å². The summed E-state index contributed by atoms with van der Waals surface area (Å²) in [4.78, 5) is 0. The molecule has 2 N–H and O–H groups in total. The standard InChI is InChI=1S/C16H23N3O/c1-5-20-14-8-6-12(7-9-14)15-13(10-17)11-19(18-15)16(2,3)4/h6-9,11H,5,10,17H2,1-4H3. The Bertz CT molecular complexity index is 564. The van der Waals surface area contributed by atoms with Gasteiger partial charge in [-0.2, -0.15) is 5.10 Å². The Kier molecular flexibility index (Phi) is 4.14. The number of nitrogens with zero attached hydrogens (tertiary/aromatic N) is 2. The molecule has 0 saturated heterocycles. The normalized spacial score (nSPS) is 11.7. The lowest BCUT2D eigenvalue weighted by Gasteiger charge is -2.18. The van der Waals surface area contributed by atoms with Crippen LogP contribution in [0.1, 0.15) is 33.3 Å². The van der Waals surface area contributed by atoms with Crippen LogP contribution in [0.3, 0.4) is 0 Å². The summed E-state index contributed by atoms with van der Waals surface area (Å²) in [5, 5.41) is 4.69. The van der Waals surface area contributed by atoms with Crippen molar-refractivity contribution in [2.45, 2.75) is 39.8 Å². The zero-order valence-corrected chi connectivity index (χ0v) is 12.7. The highest BCUT2D eigenvalue weighted by atomic mass is 16.5. The van der Waals surface area contributed by atoms with Crippen LogP contribution in [0.2, 0.25) is 0 Å². The number of benzene rings is 1. The van der Waals surface area contributed by atoms with Crippen LogP contribution >= 0.6 is 0 Å². The number of hydrogen-bond donors (Lipinski definition) is 1. The fourth-order valence-corrected chi connectivity index (χ4v) is 2.02. The summed E-state index contributed by atoms with van der Waals surface area (Å²) in [5.41, 5.74) is 8.87. The number of aromatic nitrogens is 2. The van der Waals surface area contributed by atoms with Crippen molar-refractivity contribution in [1.29, 1.82) is 0 Å². The monoisotopic (exact) mass is 273 g/mol. The summed E-state index contributed by atoms with van der Waals surface area (Å²) < 4.78 is 7.44. The van der Waals surface area contributed by atoms with Crippen LogP contribution in [0.25, 0.3) is 11.3 Å². The van der Waals surface area contributed by atoms with Crippen molar-refractivity contribution in [3.8, 4) is 17.0 Å². The van der Waals surface area contributed by atoms with Gasteiger partial charge in [0.1, 0.15) is 5.75 Å². The molecule has 2 aromatic rings. The van der Waals surface area contributed by atoms with Gasteiger partial charge in [-0.15, -0.1) is 0 Å². The molecule has 0 aliphatic heterocycles. The van der Waals surface area contributed by atoms with E-state index in [1.807, 2.05) is 42.1 Å². The Morgan fingerprint density at radius 1 is 1.20 bits per heavy atom. The van der Waals surface area contributed by atoms with E-state index in [4.69, 9.17) is 15.6 Å². The second-order valence-electron chi connectivity index (χ2n) is 5.78. The highest BCUT2D eigenvalue weighted by Gasteiger charge is 2.18. The maximum Gasteiger partial charge on any atom is 0.119 e. The van der Waals surface area contributed by atoms with Gasteiger partial charge >= 0.3 is 0 Å². The summed E-state index contributed by atoms with van der Waals surface area (Å²) in [7, 11) is 0. The number of hydrogen-bond acceptors (Lipinski definition) is 3. The number of ether oxygens (including phenoxy) is 1. The average Bonchev–Trinajstić information content (AvgIpc) is 2.84. The molecule has 0 atom stereocenters. The van der Waals surface area contributed by atoms with Gasteiger partial charge in [-0.1, -0.05) is 0 Å². The molecular formula is C16H23N3O. The summed E-state index contributed by atoms with van der Waals surface area (Å²) in [5.74, 6) is 0.876. The van der Waals surface area contributed by atoms with Crippen LogP contribution in [0.5, 0.6) is 5.75 Å². The maximum absolute atomic E-state index is 5.84. The van der Waals surface area contributed by atoms with Crippen molar-refractivity contribution >= 4 is 0 Å². The minimum absolute atomic E-state index is 0.0482. The summed E-state index contributed by atoms with van der Waals surface area (Å²) >= 11 is 0. The predicted octanol–water partition coefficient (Wildman–Crippen LogP) is 3.16. The van der Waals surface area contributed by atoms with Crippen LogP contribution in [0.15, 0.2) is 30.5 Å². The molecule has 4 nitrogen and oxygen atoms in total. The van der Waals surface area contributed by atoms with E-state index in [0.29, 0.717) is 13.2 Å². The van der Waals surface area contributed by atoms with Gasteiger partial charge in [0.2, 0.25) is 0 Å². The molecule has 0 spiro atoms. The van der Waals surface area contributed by atoms with Gasteiger partial charge < -0.3 is 10.5 Å². The van der Waals surface area contributed by atoms with E-state index in [-0.39, 0.29) is 5.54 Å². The Balaban J connectivity index is 2.38. The summed E-state index contributed by atoms with van der Waals surface area (Å²) in [6, 6.07) is 7.99. The van der Waals surface area contributed by atoms with Gasteiger partial charge in [0.15, 0.2) is 0 Å². The third kappa shape index (κ3) is 3.02. The largest absolute Gasteiger partial charge is 0.494 e. The molecule has 0 fully saturated rings. The lowest BCUT2D eigenvalue weighted by atomic mass is 10.1. The van der Waals surface area contributed by atoms with Gasteiger partial charge in [-0.25, -0.2) is 0 Å². The van der Waals surface area contributed by atoms with E-state index in [1.165, 1.54) is 0 Å². The number of nitrogens with two attached hydrogens (primary N) is 1. The Labute approximate surface area is 120 Å². The van der Waals surface area contributed by atoms with Crippen LogP contribution in [0, 0.1) is 0 Å². The fraction of sp³-hybridized carbons (Fsp3) is 0.438. The first-order valence-corrected chi connectivity index (χ1v) is 6.98. The topological polar surface area (TPSA) is 53.1 Å². The molecule has 20 heavy (non-hydrogen) atoms. The molecule has 108 valence electrons. The van der Waals surface area contributed by atoms with Gasteiger partial charge in [-0.05, 0) is 52.0 Å². The molecule has 1 aromatic heterocycles. The highest BCUT2D eigenvalue weighted by Crippen LogP contribution is 2.26. The summed E-state index contributed by atoms with van der Waals surface area (Å²) in [6.45, 7) is 9.52. The van der Waals surface area contributed by atoms with Crippen molar-refractivity contribution in [3.63, 3.8) is 0 Å². The minimum atomic E-state index is -0.0482. The first kappa shape index (κ1) is 14.6. The SMILES string of the molecule is CCOc1ccc(-c2nn(C(C)(C)C)cc2CN)cc1. The van der Waals surface area contributed by atoms with Crippen molar-refractivity contribution in [1.82, 2.24) is 9.78 Å². The van der Waals surface area contributed by atoms with E-state index in [9.17, 15) is 0 Å². The van der Waals surface area contributed by atoms with Crippen molar-refractivity contribution < 1.29 is 4.74 Å². The molecule has 0 aliphatic carbocycles. The van der Waals surface area contributed by atoms with E-state index in [2.05, 4.69) is 20.8 Å². The average molecular weight is 273 g/mol. The first-order valence-electron chi connectivity index (χ1n) is 6.98. The van der Waals surface area contributed by atoms with E-state index in [1.54, 1.807) is 0 Å². The van der Waals surface area contributed by atoms with Gasteiger partial charge in [0.25, 0.3) is 0 Å². The Morgan fingerprint density at radius 3 is 2.35 bits per heavy atom.